The van der Waals surface area contributed by atoms with Gasteiger partial charge in [-0.2, -0.15) is 0 Å². The van der Waals surface area contributed by atoms with Gasteiger partial charge < -0.3 is 20.7 Å². The zero-order chi connectivity index (χ0) is 11.4. The Morgan fingerprint density at radius 3 is 2.73 bits per heavy atom. The summed E-state index contributed by atoms with van der Waals surface area (Å²) in [7, 11) is 1.48. The Kier molecular flexibility index (Phi) is 4.20. The van der Waals surface area contributed by atoms with Crippen molar-refractivity contribution in [2.24, 2.45) is 5.73 Å². The number of benzene rings is 1. The fourth-order valence-corrected chi connectivity index (χ4v) is 1.55. The van der Waals surface area contributed by atoms with E-state index in [-0.39, 0.29) is 17.4 Å². The molecule has 0 bridgehead atoms. The van der Waals surface area contributed by atoms with Gasteiger partial charge in [0.2, 0.25) is 0 Å². The molecule has 0 spiro atoms. The molecule has 0 radical (unpaired) electrons. The van der Waals surface area contributed by atoms with Gasteiger partial charge in [0.25, 0.3) is 0 Å². The van der Waals surface area contributed by atoms with E-state index in [9.17, 15) is 5.11 Å². The van der Waals surface area contributed by atoms with Gasteiger partial charge in [0.1, 0.15) is 11.5 Å². The number of nitrogens with two attached hydrogens (primary N) is 1. The highest BCUT2D eigenvalue weighted by Crippen LogP contribution is 2.38. The minimum Gasteiger partial charge on any atom is -0.506 e. The molecule has 1 rings (SSSR count). The van der Waals surface area contributed by atoms with Gasteiger partial charge in [-0.05, 0) is 18.6 Å². The molecule has 0 aliphatic rings. The number of aliphatic hydroxyl groups excluding tert-OH is 1. The fourth-order valence-electron chi connectivity index (χ4n) is 1.38. The van der Waals surface area contributed by atoms with E-state index in [0.29, 0.717) is 17.7 Å². The minimum absolute atomic E-state index is 0.0593. The van der Waals surface area contributed by atoms with Gasteiger partial charge in [0.15, 0.2) is 0 Å². The Morgan fingerprint density at radius 1 is 1.53 bits per heavy atom. The van der Waals surface area contributed by atoms with Crippen LogP contribution < -0.4 is 10.5 Å². The number of methoxy groups -OCH3 is 1. The van der Waals surface area contributed by atoms with Gasteiger partial charge in [0, 0.05) is 12.6 Å². The number of ether oxygens (including phenoxy) is 1. The van der Waals surface area contributed by atoms with Crippen molar-refractivity contribution < 1.29 is 14.9 Å². The van der Waals surface area contributed by atoms with Crippen LogP contribution in [0.25, 0.3) is 0 Å². The predicted molar refractivity (Wildman–Crippen MR) is 58.3 cm³/mol. The van der Waals surface area contributed by atoms with Crippen LogP contribution in [0.5, 0.6) is 11.5 Å². The van der Waals surface area contributed by atoms with Gasteiger partial charge in [-0.15, -0.1) is 0 Å². The molecule has 4 nitrogen and oxygen atoms in total. The van der Waals surface area contributed by atoms with Crippen LogP contribution in [0.4, 0.5) is 0 Å². The molecule has 0 amide bonds. The molecule has 5 heteroatoms. The second-order valence-electron chi connectivity index (χ2n) is 3.13. The molecule has 15 heavy (non-hydrogen) atoms. The molecule has 84 valence electrons. The largest absolute Gasteiger partial charge is 0.506 e. The van der Waals surface area contributed by atoms with E-state index in [2.05, 4.69) is 0 Å². The van der Waals surface area contributed by atoms with Crippen molar-refractivity contribution in [1.29, 1.82) is 0 Å². The summed E-state index contributed by atoms with van der Waals surface area (Å²) < 4.78 is 5.07. The smallest absolute Gasteiger partial charge is 0.142 e. The lowest BCUT2D eigenvalue weighted by Crippen LogP contribution is -2.13. The van der Waals surface area contributed by atoms with Gasteiger partial charge in [-0.1, -0.05) is 11.6 Å². The van der Waals surface area contributed by atoms with E-state index in [1.54, 1.807) is 6.07 Å². The summed E-state index contributed by atoms with van der Waals surface area (Å²) in [6, 6.07) is 2.67. The lowest BCUT2D eigenvalue weighted by molar-refractivity contribution is 0.273. The highest BCUT2D eigenvalue weighted by Gasteiger charge is 2.18. The summed E-state index contributed by atoms with van der Waals surface area (Å²) in [5, 5.41) is 18.7. The third-order valence-electron chi connectivity index (χ3n) is 2.16. The molecule has 1 atom stereocenters. The molecule has 0 fully saturated rings. The van der Waals surface area contributed by atoms with Crippen LogP contribution in [-0.2, 0) is 0 Å². The first-order chi connectivity index (χ1) is 7.11. The number of phenols is 1. The average molecular weight is 232 g/mol. The van der Waals surface area contributed by atoms with Crippen molar-refractivity contribution in [3.63, 3.8) is 0 Å². The lowest BCUT2D eigenvalue weighted by atomic mass is 10.0. The zero-order valence-electron chi connectivity index (χ0n) is 8.40. The van der Waals surface area contributed by atoms with Gasteiger partial charge in [-0.3, -0.25) is 0 Å². The maximum absolute atomic E-state index is 9.73. The molecular formula is C10H14ClNO3. The van der Waals surface area contributed by atoms with E-state index >= 15 is 0 Å². The molecule has 4 N–H and O–H groups in total. The quantitative estimate of drug-likeness (QED) is 0.733. The topological polar surface area (TPSA) is 75.7 Å². The Balaban J connectivity index is 3.17. The maximum Gasteiger partial charge on any atom is 0.142 e. The normalized spacial score (nSPS) is 12.5. The standard InChI is InChI=1S/C10H14ClNO3/c1-15-8-3-2-6(11)10(14)9(8)7(12)4-5-13/h2-3,7,13-14H,4-5,12H2,1H3/t7-/m0/s1. The molecule has 0 aromatic heterocycles. The molecule has 0 aliphatic carbocycles. The van der Waals surface area contributed by atoms with E-state index in [0.717, 1.165) is 0 Å². The first-order valence-electron chi connectivity index (χ1n) is 4.53. The van der Waals surface area contributed by atoms with Crippen LogP contribution >= 0.6 is 11.6 Å². The summed E-state index contributed by atoms with van der Waals surface area (Å²) in [6.45, 7) is -0.0593. The van der Waals surface area contributed by atoms with Crippen molar-refractivity contribution in [3.8, 4) is 11.5 Å². The van der Waals surface area contributed by atoms with Crippen LogP contribution in [0.1, 0.15) is 18.0 Å². The molecular weight excluding hydrogens is 218 g/mol. The average Bonchev–Trinajstić information content (AvgIpc) is 2.22. The number of rotatable bonds is 4. The second-order valence-corrected chi connectivity index (χ2v) is 3.54. The van der Waals surface area contributed by atoms with Gasteiger partial charge in [-0.25, -0.2) is 0 Å². The van der Waals surface area contributed by atoms with Crippen molar-refractivity contribution in [3.05, 3.63) is 22.7 Å². The number of aromatic hydroxyl groups is 1. The predicted octanol–water partition coefficient (Wildman–Crippen LogP) is 1.44. The van der Waals surface area contributed by atoms with Crippen LogP contribution in [0, 0.1) is 0 Å². The minimum atomic E-state index is -0.497. The van der Waals surface area contributed by atoms with Crippen LogP contribution in [0.2, 0.25) is 5.02 Å². The second kappa shape index (κ2) is 5.21. The number of halogens is 1. The Labute approximate surface area is 93.2 Å². The highest BCUT2D eigenvalue weighted by atomic mass is 35.5. The SMILES string of the molecule is COc1ccc(Cl)c(O)c1[C@@H](N)CCO. The zero-order valence-corrected chi connectivity index (χ0v) is 9.16. The molecule has 1 aromatic carbocycles. The van der Waals surface area contributed by atoms with Crippen molar-refractivity contribution in [1.82, 2.24) is 0 Å². The monoisotopic (exact) mass is 231 g/mol. The van der Waals surface area contributed by atoms with E-state index < -0.39 is 6.04 Å². The Bertz CT molecular complexity index is 344. The molecule has 0 unspecified atom stereocenters. The molecule has 0 heterocycles. The summed E-state index contributed by atoms with van der Waals surface area (Å²) in [6.07, 6.45) is 0.338. The van der Waals surface area contributed by atoms with E-state index in [1.165, 1.54) is 13.2 Å². The van der Waals surface area contributed by atoms with Crippen molar-refractivity contribution >= 4 is 11.6 Å². The van der Waals surface area contributed by atoms with E-state index in [4.69, 9.17) is 27.2 Å². The van der Waals surface area contributed by atoms with Gasteiger partial charge >= 0.3 is 0 Å². The van der Waals surface area contributed by atoms with Crippen LogP contribution in [-0.4, -0.2) is 23.9 Å². The molecule has 0 aliphatic heterocycles. The maximum atomic E-state index is 9.73. The number of aliphatic hydroxyl groups is 1. The Morgan fingerprint density at radius 2 is 2.20 bits per heavy atom. The van der Waals surface area contributed by atoms with Crippen molar-refractivity contribution in [2.75, 3.05) is 13.7 Å². The molecule has 0 saturated carbocycles. The summed E-state index contributed by atoms with van der Waals surface area (Å²) in [5.74, 6) is 0.384. The fraction of sp³-hybridized carbons (Fsp3) is 0.400. The highest BCUT2D eigenvalue weighted by molar-refractivity contribution is 6.32. The Hall–Kier alpha value is -0.970. The summed E-state index contributed by atoms with van der Waals surface area (Å²) in [5.41, 5.74) is 6.22. The van der Waals surface area contributed by atoms with Crippen LogP contribution in [0.15, 0.2) is 12.1 Å². The van der Waals surface area contributed by atoms with Gasteiger partial charge in [0.05, 0.1) is 17.7 Å². The lowest BCUT2D eigenvalue weighted by Gasteiger charge is -2.16. The number of hydrogen-bond acceptors (Lipinski definition) is 4. The third-order valence-corrected chi connectivity index (χ3v) is 2.46. The molecule has 0 saturated heterocycles. The van der Waals surface area contributed by atoms with Crippen molar-refractivity contribution in [2.45, 2.75) is 12.5 Å². The van der Waals surface area contributed by atoms with Crippen LogP contribution in [0.3, 0.4) is 0 Å². The number of hydrogen-bond donors (Lipinski definition) is 3. The number of phenolic OH excluding ortho intramolecular Hbond substituents is 1. The first-order valence-corrected chi connectivity index (χ1v) is 4.91. The summed E-state index contributed by atoms with van der Waals surface area (Å²) >= 11 is 5.76. The van der Waals surface area contributed by atoms with E-state index in [1.807, 2.05) is 0 Å². The third kappa shape index (κ3) is 2.53. The first kappa shape index (κ1) is 12.1. The molecule has 1 aromatic rings. The summed E-state index contributed by atoms with van der Waals surface area (Å²) in [4.78, 5) is 0.